The van der Waals surface area contributed by atoms with Gasteiger partial charge in [-0.05, 0) is 24.1 Å². The molecular weight excluding hydrogens is 301 g/mol. The van der Waals surface area contributed by atoms with E-state index in [4.69, 9.17) is 4.74 Å². The number of nitrogens with zero attached hydrogens (tertiary/aromatic N) is 2. The second-order valence-corrected chi connectivity index (χ2v) is 5.39. The molecule has 120 valence electrons. The summed E-state index contributed by atoms with van der Waals surface area (Å²) in [6.45, 7) is 0.885. The fourth-order valence-corrected chi connectivity index (χ4v) is 2.69. The fourth-order valence-electron chi connectivity index (χ4n) is 2.69. The van der Waals surface area contributed by atoms with Crippen LogP contribution in [0.25, 0.3) is 0 Å². The summed E-state index contributed by atoms with van der Waals surface area (Å²) in [6, 6.07) is 5.89. The zero-order valence-electron chi connectivity index (χ0n) is 12.6. The molecule has 1 N–H and O–H groups in total. The number of H-pyrrole nitrogens is 1. The number of benzene rings is 1. The standard InChI is InChI=1S/C16H16FN3O3/c1-23-16(22)15-12-6-7-20(9-13(12)18-19-15)14(21)8-10-2-4-11(17)5-3-10/h2-5H,6-9H2,1H3,(H,18,19). The van der Waals surface area contributed by atoms with E-state index in [9.17, 15) is 14.0 Å². The number of hydrogen-bond acceptors (Lipinski definition) is 4. The number of aromatic nitrogens is 2. The zero-order chi connectivity index (χ0) is 16.4. The summed E-state index contributed by atoms with van der Waals surface area (Å²) in [5.41, 5.74) is 2.61. The number of ether oxygens (including phenoxy) is 1. The van der Waals surface area contributed by atoms with Crippen LogP contribution in [0.2, 0.25) is 0 Å². The van der Waals surface area contributed by atoms with Gasteiger partial charge in [-0.1, -0.05) is 12.1 Å². The number of nitrogens with one attached hydrogen (secondary N) is 1. The van der Waals surface area contributed by atoms with Crippen molar-refractivity contribution in [2.24, 2.45) is 0 Å². The third kappa shape index (κ3) is 3.08. The molecule has 2 aromatic rings. The maximum Gasteiger partial charge on any atom is 0.358 e. The van der Waals surface area contributed by atoms with Gasteiger partial charge >= 0.3 is 5.97 Å². The SMILES string of the molecule is COC(=O)c1n[nH]c2c1CCN(C(=O)Cc1ccc(F)cc1)C2. The van der Waals surface area contributed by atoms with Crippen molar-refractivity contribution in [1.82, 2.24) is 15.1 Å². The molecule has 0 aliphatic carbocycles. The van der Waals surface area contributed by atoms with Gasteiger partial charge in [0.2, 0.25) is 5.91 Å². The zero-order valence-corrected chi connectivity index (χ0v) is 12.6. The summed E-state index contributed by atoms with van der Waals surface area (Å²) in [7, 11) is 1.31. The smallest absolute Gasteiger partial charge is 0.358 e. The first-order chi connectivity index (χ1) is 11.1. The molecule has 0 bridgehead atoms. The summed E-state index contributed by atoms with van der Waals surface area (Å²) in [6.07, 6.45) is 0.763. The number of halogens is 1. The number of hydrogen-bond donors (Lipinski definition) is 1. The van der Waals surface area contributed by atoms with Gasteiger partial charge < -0.3 is 9.64 Å². The van der Waals surface area contributed by atoms with Gasteiger partial charge in [-0.25, -0.2) is 9.18 Å². The highest BCUT2D eigenvalue weighted by atomic mass is 19.1. The van der Waals surface area contributed by atoms with Crippen LogP contribution >= 0.6 is 0 Å². The quantitative estimate of drug-likeness (QED) is 0.870. The molecule has 0 saturated carbocycles. The number of carbonyl (C=O) groups is 2. The minimum absolute atomic E-state index is 0.0449. The summed E-state index contributed by atoms with van der Waals surface area (Å²) >= 11 is 0. The van der Waals surface area contributed by atoms with Crippen LogP contribution in [0.3, 0.4) is 0 Å². The predicted octanol–water partition coefficient (Wildman–Crippen LogP) is 1.46. The molecule has 1 amide bonds. The Balaban J connectivity index is 1.69. The largest absolute Gasteiger partial charge is 0.464 e. The average Bonchev–Trinajstić information content (AvgIpc) is 2.99. The molecule has 0 spiro atoms. The molecule has 0 saturated heterocycles. The lowest BCUT2D eigenvalue weighted by Gasteiger charge is -2.27. The molecule has 0 unspecified atom stereocenters. The molecule has 3 rings (SSSR count). The number of amides is 1. The first-order valence-electron chi connectivity index (χ1n) is 7.25. The number of rotatable bonds is 3. The third-order valence-electron chi connectivity index (χ3n) is 3.93. The van der Waals surface area contributed by atoms with Crippen LogP contribution in [-0.4, -0.2) is 40.6 Å². The van der Waals surface area contributed by atoms with Crippen LogP contribution in [0.4, 0.5) is 4.39 Å². The van der Waals surface area contributed by atoms with Crippen molar-refractivity contribution < 1.29 is 18.7 Å². The van der Waals surface area contributed by atoms with Crippen molar-refractivity contribution in [2.75, 3.05) is 13.7 Å². The van der Waals surface area contributed by atoms with E-state index in [1.807, 2.05) is 0 Å². The second kappa shape index (κ2) is 6.20. The van der Waals surface area contributed by atoms with E-state index in [1.165, 1.54) is 19.2 Å². The predicted molar refractivity (Wildman–Crippen MR) is 79.2 cm³/mol. The number of methoxy groups -OCH3 is 1. The van der Waals surface area contributed by atoms with Crippen LogP contribution in [0.15, 0.2) is 24.3 Å². The first kappa shape index (κ1) is 15.2. The maximum absolute atomic E-state index is 12.9. The monoisotopic (exact) mass is 317 g/mol. The van der Waals surface area contributed by atoms with Gasteiger partial charge in [-0.3, -0.25) is 9.89 Å². The molecule has 6 nitrogen and oxygen atoms in total. The van der Waals surface area contributed by atoms with Crippen LogP contribution in [0, 0.1) is 5.82 Å². The average molecular weight is 317 g/mol. The van der Waals surface area contributed by atoms with Gasteiger partial charge in [-0.2, -0.15) is 5.10 Å². The van der Waals surface area contributed by atoms with E-state index in [0.29, 0.717) is 19.5 Å². The van der Waals surface area contributed by atoms with Crippen molar-refractivity contribution in [2.45, 2.75) is 19.4 Å². The van der Waals surface area contributed by atoms with E-state index in [2.05, 4.69) is 10.2 Å². The highest BCUT2D eigenvalue weighted by Gasteiger charge is 2.27. The Morgan fingerprint density at radius 3 is 2.78 bits per heavy atom. The minimum Gasteiger partial charge on any atom is -0.464 e. The Labute approximate surface area is 132 Å². The number of carbonyl (C=O) groups excluding carboxylic acids is 2. The molecule has 1 aromatic carbocycles. The molecule has 1 aromatic heterocycles. The lowest BCUT2D eigenvalue weighted by molar-refractivity contribution is -0.131. The van der Waals surface area contributed by atoms with E-state index in [-0.39, 0.29) is 23.8 Å². The Morgan fingerprint density at radius 1 is 1.35 bits per heavy atom. The van der Waals surface area contributed by atoms with E-state index in [0.717, 1.165) is 16.8 Å². The molecule has 23 heavy (non-hydrogen) atoms. The number of esters is 1. The van der Waals surface area contributed by atoms with Gasteiger partial charge in [0.15, 0.2) is 5.69 Å². The van der Waals surface area contributed by atoms with Gasteiger partial charge in [0.25, 0.3) is 0 Å². The number of fused-ring (bicyclic) bond motifs is 1. The molecule has 1 aliphatic rings. The van der Waals surface area contributed by atoms with Crippen molar-refractivity contribution in [3.8, 4) is 0 Å². The topological polar surface area (TPSA) is 75.3 Å². The molecule has 2 heterocycles. The van der Waals surface area contributed by atoms with Crippen LogP contribution < -0.4 is 0 Å². The molecule has 0 atom stereocenters. The first-order valence-corrected chi connectivity index (χ1v) is 7.25. The molecule has 7 heteroatoms. The Kier molecular flexibility index (Phi) is 4.10. The summed E-state index contributed by atoms with van der Waals surface area (Å²) in [5.74, 6) is -0.846. The normalized spacial score (nSPS) is 13.6. The Bertz CT molecular complexity index is 740. The van der Waals surface area contributed by atoms with E-state index in [1.54, 1.807) is 17.0 Å². The Morgan fingerprint density at radius 2 is 2.09 bits per heavy atom. The molecule has 0 fully saturated rings. The minimum atomic E-state index is -0.478. The van der Waals surface area contributed by atoms with E-state index < -0.39 is 5.97 Å². The van der Waals surface area contributed by atoms with E-state index >= 15 is 0 Å². The van der Waals surface area contributed by atoms with Crippen molar-refractivity contribution in [1.29, 1.82) is 0 Å². The van der Waals surface area contributed by atoms with Crippen molar-refractivity contribution >= 4 is 11.9 Å². The van der Waals surface area contributed by atoms with Crippen molar-refractivity contribution in [3.63, 3.8) is 0 Å². The van der Waals surface area contributed by atoms with Crippen LogP contribution in [0.1, 0.15) is 27.3 Å². The third-order valence-corrected chi connectivity index (χ3v) is 3.93. The second-order valence-electron chi connectivity index (χ2n) is 5.39. The molecule has 1 aliphatic heterocycles. The van der Waals surface area contributed by atoms with Crippen molar-refractivity contribution in [3.05, 3.63) is 52.6 Å². The highest BCUT2D eigenvalue weighted by molar-refractivity contribution is 5.89. The fraction of sp³-hybridized carbons (Fsp3) is 0.312. The van der Waals surface area contributed by atoms with Gasteiger partial charge in [0, 0.05) is 12.1 Å². The Hall–Kier alpha value is -2.70. The summed E-state index contributed by atoms with van der Waals surface area (Å²) in [4.78, 5) is 25.7. The van der Waals surface area contributed by atoms with Gasteiger partial charge in [-0.15, -0.1) is 0 Å². The summed E-state index contributed by atoms with van der Waals surface area (Å²) < 4.78 is 17.6. The number of aromatic amines is 1. The lowest BCUT2D eigenvalue weighted by Crippen LogP contribution is -2.37. The summed E-state index contributed by atoms with van der Waals surface area (Å²) in [5, 5.41) is 6.78. The lowest BCUT2D eigenvalue weighted by atomic mass is 10.0. The molecule has 0 radical (unpaired) electrons. The maximum atomic E-state index is 12.9. The van der Waals surface area contributed by atoms with Gasteiger partial charge in [0.1, 0.15) is 5.82 Å². The molecular formula is C16H16FN3O3. The van der Waals surface area contributed by atoms with Gasteiger partial charge in [0.05, 0.1) is 25.8 Å². The highest BCUT2D eigenvalue weighted by Crippen LogP contribution is 2.21. The van der Waals surface area contributed by atoms with Crippen LogP contribution in [0.5, 0.6) is 0 Å². The van der Waals surface area contributed by atoms with Crippen LogP contribution in [-0.2, 0) is 28.9 Å².